The summed E-state index contributed by atoms with van der Waals surface area (Å²) in [5, 5.41) is 0. The minimum Gasteiger partial charge on any atom is -0.229 e. The summed E-state index contributed by atoms with van der Waals surface area (Å²) in [5.41, 5.74) is -4.78. The standard InChI is InChI=1S/C4H8O2S/c1-4-2-7(5,6)3-4/h4H,2-3H2,1H3/i2D2,3D2. The van der Waals surface area contributed by atoms with Crippen LogP contribution in [0.2, 0.25) is 0 Å². The van der Waals surface area contributed by atoms with Crippen LogP contribution >= 0.6 is 0 Å². The molecule has 0 unspecified atom stereocenters. The molecule has 7 heavy (non-hydrogen) atoms. The average molecular weight is 124 g/mol. The summed E-state index contributed by atoms with van der Waals surface area (Å²) in [6.07, 6.45) is 0. The van der Waals surface area contributed by atoms with Crippen molar-refractivity contribution < 1.29 is 13.9 Å². The van der Waals surface area contributed by atoms with Gasteiger partial charge in [0.2, 0.25) is 0 Å². The van der Waals surface area contributed by atoms with Gasteiger partial charge in [0.1, 0.15) is 0 Å². The highest BCUT2D eigenvalue weighted by Gasteiger charge is 2.28. The highest BCUT2D eigenvalue weighted by Crippen LogP contribution is 2.15. The van der Waals surface area contributed by atoms with Gasteiger partial charge in [0.15, 0.2) is 9.84 Å². The topological polar surface area (TPSA) is 34.1 Å². The molecule has 0 aliphatic carbocycles. The van der Waals surface area contributed by atoms with E-state index in [1.165, 1.54) is 6.92 Å². The van der Waals surface area contributed by atoms with Crippen molar-refractivity contribution in [2.45, 2.75) is 6.92 Å². The van der Waals surface area contributed by atoms with Crippen LogP contribution in [-0.2, 0) is 9.84 Å². The molecule has 1 aliphatic heterocycles. The Bertz CT molecular complexity index is 258. The summed E-state index contributed by atoms with van der Waals surface area (Å²) in [4.78, 5) is 0. The highest BCUT2D eigenvalue weighted by atomic mass is 32.2. The molecule has 1 aliphatic rings. The molecule has 0 N–H and O–H groups in total. The van der Waals surface area contributed by atoms with E-state index in [0.717, 1.165) is 0 Å². The van der Waals surface area contributed by atoms with Gasteiger partial charge in [-0.3, -0.25) is 0 Å². The van der Waals surface area contributed by atoms with Gasteiger partial charge in [0, 0.05) is 5.48 Å². The van der Waals surface area contributed by atoms with Crippen LogP contribution in [0.15, 0.2) is 0 Å². The summed E-state index contributed by atoms with van der Waals surface area (Å²) in [6, 6.07) is 0. The minimum absolute atomic E-state index is 1.08. The van der Waals surface area contributed by atoms with Crippen molar-refractivity contribution in [1.82, 2.24) is 0 Å². The van der Waals surface area contributed by atoms with Crippen LogP contribution in [-0.4, -0.2) is 19.8 Å². The van der Waals surface area contributed by atoms with Crippen molar-refractivity contribution in [3.63, 3.8) is 0 Å². The fraction of sp³-hybridized carbons (Fsp3) is 1.00. The van der Waals surface area contributed by atoms with Crippen LogP contribution in [0.1, 0.15) is 12.4 Å². The van der Waals surface area contributed by atoms with E-state index in [1.807, 2.05) is 0 Å². The van der Waals surface area contributed by atoms with Crippen molar-refractivity contribution >= 4 is 9.84 Å². The van der Waals surface area contributed by atoms with Crippen LogP contribution in [0.5, 0.6) is 0 Å². The summed E-state index contributed by atoms with van der Waals surface area (Å²) in [5.74, 6) is -1.08. The summed E-state index contributed by atoms with van der Waals surface area (Å²) in [7, 11) is -4.22. The van der Waals surface area contributed by atoms with Crippen LogP contribution in [0.25, 0.3) is 0 Å². The molecule has 3 heteroatoms. The molecular weight excluding hydrogens is 112 g/mol. The molecule has 1 rings (SSSR count). The van der Waals surface area contributed by atoms with E-state index in [0.29, 0.717) is 0 Å². The van der Waals surface area contributed by atoms with Crippen molar-refractivity contribution in [3.8, 4) is 0 Å². The third kappa shape index (κ3) is 0.938. The van der Waals surface area contributed by atoms with Gasteiger partial charge in [0.25, 0.3) is 0 Å². The van der Waals surface area contributed by atoms with Gasteiger partial charge in [-0.2, -0.15) is 0 Å². The Morgan fingerprint density at radius 1 is 1.71 bits per heavy atom. The fourth-order valence-corrected chi connectivity index (χ4v) is 1.40. The zero-order chi connectivity index (χ0) is 9.08. The molecule has 1 fully saturated rings. The average Bonchev–Trinajstić information content (AvgIpc) is 1.84. The zero-order valence-corrected chi connectivity index (χ0v) is 4.62. The Hall–Kier alpha value is -0.0500. The normalized spacial score (nSPS) is 52.1. The van der Waals surface area contributed by atoms with Crippen LogP contribution in [0, 0.1) is 5.92 Å². The second-order valence-electron chi connectivity index (χ2n) is 1.46. The first-order valence-corrected chi connectivity index (χ1v) is 3.38. The first-order chi connectivity index (χ1) is 4.65. The third-order valence-electron chi connectivity index (χ3n) is 0.664. The number of sulfone groups is 1. The molecule has 0 radical (unpaired) electrons. The van der Waals surface area contributed by atoms with Crippen LogP contribution in [0.4, 0.5) is 0 Å². The molecule has 1 heterocycles. The quantitative estimate of drug-likeness (QED) is 0.457. The second kappa shape index (κ2) is 1.22. The highest BCUT2D eigenvalue weighted by molar-refractivity contribution is 7.92. The lowest BCUT2D eigenvalue weighted by atomic mass is 10.2. The Kier molecular flexibility index (Phi) is 0.356. The Balaban J connectivity index is 3.20. The maximum Gasteiger partial charge on any atom is 0.150 e. The van der Waals surface area contributed by atoms with Gasteiger partial charge < -0.3 is 0 Å². The maximum absolute atomic E-state index is 10.9. The van der Waals surface area contributed by atoms with Gasteiger partial charge in [0.05, 0.1) is 11.4 Å². The predicted molar refractivity (Wildman–Crippen MR) is 27.8 cm³/mol. The van der Waals surface area contributed by atoms with Gasteiger partial charge >= 0.3 is 0 Å². The van der Waals surface area contributed by atoms with Crippen LogP contribution in [0.3, 0.4) is 0 Å². The molecule has 0 atom stereocenters. The minimum atomic E-state index is -4.22. The first-order valence-electron chi connectivity index (χ1n) is 3.90. The summed E-state index contributed by atoms with van der Waals surface area (Å²) in [6.45, 7) is 1.25. The number of hydrogen-bond acceptors (Lipinski definition) is 2. The van der Waals surface area contributed by atoms with E-state index in [1.54, 1.807) is 0 Å². The fourth-order valence-electron chi connectivity index (χ4n) is 0.465. The Morgan fingerprint density at radius 2 is 2.14 bits per heavy atom. The second-order valence-corrected chi connectivity index (χ2v) is 2.94. The first kappa shape index (κ1) is 2.05. The van der Waals surface area contributed by atoms with Gasteiger partial charge in [-0.25, -0.2) is 8.42 Å². The van der Waals surface area contributed by atoms with Crippen molar-refractivity contribution in [1.29, 1.82) is 0 Å². The lowest BCUT2D eigenvalue weighted by molar-refractivity contribution is 0.542. The molecule has 42 valence electrons. The summed E-state index contributed by atoms with van der Waals surface area (Å²) >= 11 is 0. The van der Waals surface area contributed by atoms with E-state index < -0.39 is 27.2 Å². The molecule has 1 saturated heterocycles. The molecule has 0 aromatic heterocycles. The molecule has 0 saturated carbocycles. The SMILES string of the molecule is [2H]C1([2H])C(C)C([2H])([2H])S1(=O)=O. The van der Waals surface area contributed by atoms with Crippen molar-refractivity contribution in [2.75, 3.05) is 11.4 Å². The van der Waals surface area contributed by atoms with Crippen molar-refractivity contribution in [2.24, 2.45) is 5.92 Å². The Morgan fingerprint density at radius 3 is 2.29 bits per heavy atom. The monoisotopic (exact) mass is 124 g/mol. The third-order valence-corrected chi connectivity index (χ3v) is 1.99. The molecule has 0 aromatic rings. The smallest absolute Gasteiger partial charge is 0.150 e. The molecular formula is C4H8O2S. The van der Waals surface area contributed by atoms with Crippen molar-refractivity contribution in [3.05, 3.63) is 0 Å². The molecule has 0 bridgehead atoms. The number of rotatable bonds is 0. The van der Waals surface area contributed by atoms with E-state index >= 15 is 0 Å². The van der Waals surface area contributed by atoms with E-state index in [-0.39, 0.29) is 0 Å². The molecule has 2 nitrogen and oxygen atoms in total. The van der Waals surface area contributed by atoms with Gasteiger partial charge in [-0.1, -0.05) is 6.92 Å². The van der Waals surface area contributed by atoms with E-state index in [9.17, 15) is 8.42 Å². The summed E-state index contributed by atoms with van der Waals surface area (Å²) < 4.78 is 49.6. The van der Waals surface area contributed by atoms with Gasteiger partial charge in [-0.15, -0.1) is 0 Å². The van der Waals surface area contributed by atoms with Crippen LogP contribution < -0.4 is 0 Å². The molecule has 0 amide bonds. The van der Waals surface area contributed by atoms with E-state index in [2.05, 4.69) is 0 Å². The maximum atomic E-state index is 10.9. The molecule has 0 spiro atoms. The molecule has 0 aromatic carbocycles. The van der Waals surface area contributed by atoms with Gasteiger partial charge in [-0.05, 0) is 5.92 Å². The Labute approximate surface area is 49.1 Å². The number of hydrogen-bond donors (Lipinski definition) is 0. The predicted octanol–water partition coefficient (Wildman–Crippen LogP) is 0.0509. The lowest BCUT2D eigenvalue weighted by Gasteiger charge is -2.20. The largest absolute Gasteiger partial charge is 0.229 e. The van der Waals surface area contributed by atoms with E-state index in [4.69, 9.17) is 5.48 Å². The zero-order valence-electron chi connectivity index (χ0n) is 7.80. The lowest BCUT2D eigenvalue weighted by Crippen LogP contribution is -2.33.